The molecule has 0 amide bonds. The highest BCUT2D eigenvalue weighted by atomic mass is 16.6. The number of nitro benzene ring substituents is 1. The van der Waals surface area contributed by atoms with Crippen molar-refractivity contribution in [3.8, 4) is 0 Å². The van der Waals surface area contributed by atoms with Crippen LogP contribution in [0.25, 0.3) is 0 Å². The summed E-state index contributed by atoms with van der Waals surface area (Å²) in [4.78, 5) is 20.8. The number of nitro groups is 1. The summed E-state index contributed by atoms with van der Waals surface area (Å²) in [5, 5.41) is 14.7. The molecule has 0 spiro atoms. The average Bonchev–Trinajstić information content (AvgIpc) is 2.76. The molecule has 0 saturated carbocycles. The Morgan fingerprint density at radius 2 is 2.25 bits per heavy atom. The van der Waals surface area contributed by atoms with Crippen LogP contribution in [0.3, 0.4) is 0 Å². The minimum atomic E-state index is -0.751. The smallest absolute Gasteiger partial charge is 0.277 e. The fourth-order valence-electron chi connectivity index (χ4n) is 1.66. The number of ether oxygens (including phenoxy) is 1. The molecular formula is C9H9N3O4. The van der Waals surface area contributed by atoms with Gasteiger partial charge in [0.2, 0.25) is 0 Å². The summed E-state index contributed by atoms with van der Waals surface area (Å²) in [5.41, 5.74) is 0.285. The van der Waals surface area contributed by atoms with Crippen molar-refractivity contribution in [2.75, 3.05) is 13.2 Å². The molecule has 1 heterocycles. The molecule has 1 aliphatic rings. The maximum absolute atomic E-state index is 10.8. The van der Waals surface area contributed by atoms with E-state index in [1.807, 2.05) is 0 Å². The fraction of sp³-hybridized carbons (Fsp3) is 0.333. The van der Waals surface area contributed by atoms with Crippen LogP contribution < -0.4 is 0 Å². The fourth-order valence-corrected chi connectivity index (χ4v) is 1.66. The van der Waals surface area contributed by atoms with Gasteiger partial charge >= 0.3 is 0 Å². The van der Waals surface area contributed by atoms with Gasteiger partial charge < -0.3 is 4.74 Å². The van der Waals surface area contributed by atoms with Gasteiger partial charge in [-0.1, -0.05) is 12.1 Å². The van der Waals surface area contributed by atoms with E-state index in [-0.39, 0.29) is 5.69 Å². The van der Waals surface area contributed by atoms with E-state index < -0.39 is 11.2 Å². The van der Waals surface area contributed by atoms with Crippen molar-refractivity contribution in [1.82, 2.24) is 5.01 Å². The summed E-state index contributed by atoms with van der Waals surface area (Å²) in [6, 6.07) is 6.16. The zero-order valence-electron chi connectivity index (χ0n) is 8.28. The Morgan fingerprint density at radius 1 is 1.50 bits per heavy atom. The molecule has 1 aliphatic heterocycles. The zero-order chi connectivity index (χ0) is 11.5. The lowest BCUT2D eigenvalue weighted by atomic mass is 10.1. The van der Waals surface area contributed by atoms with E-state index in [0.29, 0.717) is 18.7 Å². The Bertz CT molecular complexity index is 423. The van der Waals surface area contributed by atoms with Crippen LogP contribution in [-0.2, 0) is 4.74 Å². The number of hydrogen-bond donors (Lipinski definition) is 0. The van der Waals surface area contributed by atoms with Crippen LogP contribution in [0.2, 0.25) is 0 Å². The second kappa shape index (κ2) is 4.23. The summed E-state index contributed by atoms with van der Waals surface area (Å²) < 4.78 is 5.26. The van der Waals surface area contributed by atoms with Gasteiger partial charge in [-0.3, -0.25) is 10.1 Å². The van der Waals surface area contributed by atoms with E-state index in [4.69, 9.17) is 4.74 Å². The third-order valence-electron chi connectivity index (χ3n) is 2.37. The van der Waals surface area contributed by atoms with Gasteiger partial charge in [-0.05, 0) is 6.07 Å². The van der Waals surface area contributed by atoms with Gasteiger partial charge in [0.05, 0.1) is 28.9 Å². The van der Waals surface area contributed by atoms with Gasteiger partial charge in [0, 0.05) is 6.07 Å². The second-order valence-electron chi connectivity index (χ2n) is 3.28. The minimum absolute atomic E-state index is 0.0666. The summed E-state index contributed by atoms with van der Waals surface area (Å²) in [6.45, 7) is 0.683. The Labute approximate surface area is 90.7 Å². The largest absolute Gasteiger partial charge is 0.350 e. The van der Waals surface area contributed by atoms with Crippen LogP contribution in [-0.4, -0.2) is 23.1 Å². The molecule has 7 heteroatoms. The first-order valence-electron chi connectivity index (χ1n) is 4.69. The lowest BCUT2D eigenvalue weighted by Crippen LogP contribution is -2.17. The number of benzene rings is 1. The quantitative estimate of drug-likeness (QED) is 0.441. The predicted molar refractivity (Wildman–Crippen MR) is 54.3 cm³/mol. The number of nitroso groups, excluding NO2 is 1. The molecule has 1 saturated heterocycles. The highest BCUT2D eigenvalue weighted by molar-refractivity contribution is 5.41. The summed E-state index contributed by atoms with van der Waals surface area (Å²) in [7, 11) is 0. The SMILES string of the molecule is O=NN1CCOC1c1ccccc1[N+](=O)[O-]. The zero-order valence-corrected chi connectivity index (χ0v) is 8.28. The van der Waals surface area contributed by atoms with Gasteiger partial charge in [0.25, 0.3) is 5.69 Å². The third kappa shape index (κ3) is 1.72. The Balaban J connectivity index is 2.39. The van der Waals surface area contributed by atoms with E-state index in [9.17, 15) is 15.0 Å². The lowest BCUT2D eigenvalue weighted by Gasteiger charge is -2.16. The Morgan fingerprint density at radius 3 is 2.94 bits per heavy atom. The summed E-state index contributed by atoms with van der Waals surface area (Å²) in [6.07, 6.45) is -0.751. The van der Waals surface area contributed by atoms with Crippen LogP contribution in [0.15, 0.2) is 29.6 Å². The monoisotopic (exact) mass is 223 g/mol. The molecule has 0 aromatic heterocycles. The van der Waals surface area contributed by atoms with Gasteiger partial charge in [-0.25, -0.2) is 5.01 Å². The molecule has 1 aromatic carbocycles. The summed E-state index contributed by atoms with van der Waals surface area (Å²) in [5.74, 6) is 0. The van der Waals surface area contributed by atoms with Crippen molar-refractivity contribution in [3.63, 3.8) is 0 Å². The van der Waals surface area contributed by atoms with Crippen LogP contribution in [0, 0.1) is 15.0 Å². The molecule has 1 atom stereocenters. The standard InChI is InChI=1S/C9H9N3O4/c13-10-11-5-6-16-9(11)7-3-1-2-4-8(7)12(14)15/h1-4,9H,5-6H2. The van der Waals surface area contributed by atoms with Crippen molar-refractivity contribution in [3.05, 3.63) is 44.9 Å². The molecule has 0 N–H and O–H groups in total. The van der Waals surface area contributed by atoms with E-state index in [2.05, 4.69) is 5.29 Å². The van der Waals surface area contributed by atoms with Crippen molar-refractivity contribution in [2.24, 2.45) is 5.29 Å². The lowest BCUT2D eigenvalue weighted by molar-refractivity contribution is -0.386. The molecule has 16 heavy (non-hydrogen) atoms. The highest BCUT2D eigenvalue weighted by Crippen LogP contribution is 2.32. The van der Waals surface area contributed by atoms with Gasteiger partial charge in [-0.2, -0.15) is 0 Å². The first kappa shape index (κ1) is 10.5. The van der Waals surface area contributed by atoms with Crippen molar-refractivity contribution in [1.29, 1.82) is 0 Å². The molecule has 1 aromatic rings. The average molecular weight is 223 g/mol. The number of nitrogens with zero attached hydrogens (tertiary/aromatic N) is 3. The number of para-hydroxylation sites is 1. The second-order valence-corrected chi connectivity index (χ2v) is 3.28. The van der Waals surface area contributed by atoms with Crippen molar-refractivity contribution in [2.45, 2.75) is 6.23 Å². The molecular weight excluding hydrogens is 214 g/mol. The van der Waals surface area contributed by atoms with Crippen LogP contribution in [0.4, 0.5) is 5.69 Å². The van der Waals surface area contributed by atoms with Gasteiger partial charge in [0.15, 0.2) is 6.23 Å². The van der Waals surface area contributed by atoms with E-state index in [0.717, 1.165) is 5.01 Å². The van der Waals surface area contributed by atoms with E-state index >= 15 is 0 Å². The van der Waals surface area contributed by atoms with Gasteiger partial charge in [-0.15, -0.1) is 4.91 Å². The highest BCUT2D eigenvalue weighted by Gasteiger charge is 2.32. The molecule has 1 unspecified atom stereocenters. The maximum atomic E-state index is 10.8. The topological polar surface area (TPSA) is 85.0 Å². The Kier molecular flexibility index (Phi) is 2.78. The van der Waals surface area contributed by atoms with Crippen LogP contribution in [0.1, 0.15) is 11.8 Å². The van der Waals surface area contributed by atoms with E-state index in [1.54, 1.807) is 18.2 Å². The first-order valence-corrected chi connectivity index (χ1v) is 4.69. The number of hydrogen-bond acceptors (Lipinski definition) is 5. The molecule has 0 aliphatic carbocycles. The normalized spacial score (nSPS) is 19.8. The summed E-state index contributed by atoms with van der Waals surface area (Å²) >= 11 is 0. The Hall–Kier alpha value is -2.02. The number of rotatable bonds is 3. The molecule has 0 bridgehead atoms. The van der Waals surface area contributed by atoms with E-state index in [1.165, 1.54) is 6.07 Å². The molecule has 1 fully saturated rings. The van der Waals surface area contributed by atoms with Crippen LogP contribution >= 0.6 is 0 Å². The van der Waals surface area contributed by atoms with Gasteiger partial charge in [0.1, 0.15) is 0 Å². The van der Waals surface area contributed by atoms with Crippen LogP contribution in [0.5, 0.6) is 0 Å². The predicted octanol–water partition coefficient (Wildman–Crippen LogP) is 1.61. The molecule has 84 valence electrons. The molecule has 7 nitrogen and oxygen atoms in total. The maximum Gasteiger partial charge on any atom is 0.277 e. The molecule has 2 rings (SSSR count). The third-order valence-corrected chi connectivity index (χ3v) is 2.37. The first-order chi connectivity index (χ1) is 7.74. The minimum Gasteiger partial charge on any atom is -0.350 e. The molecule has 0 radical (unpaired) electrons. The van der Waals surface area contributed by atoms with Crippen molar-refractivity contribution < 1.29 is 9.66 Å². The van der Waals surface area contributed by atoms with Crippen molar-refractivity contribution >= 4 is 5.69 Å².